The van der Waals surface area contributed by atoms with E-state index in [-0.39, 0.29) is 0 Å². The number of rotatable bonds is 6. The lowest BCUT2D eigenvalue weighted by Gasteiger charge is -2.12. The number of thiophene rings is 2. The second kappa shape index (κ2) is 14.4. The molecule has 0 amide bonds. The van der Waals surface area contributed by atoms with Gasteiger partial charge in [0.05, 0.1) is 11.0 Å². The van der Waals surface area contributed by atoms with Gasteiger partial charge in [0.15, 0.2) is 17.5 Å². The molecular weight excluding hydrogens is 805 g/mol. The highest BCUT2D eigenvalue weighted by Gasteiger charge is 2.21. The van der Waals surface area contributed by atoms with Crippen LogP contribution in [-0.2, 0) is 0 Å². The van der Waals surface area contributed by atoms with Crippen molar-refractivity contribution in [2.75, 3.05) is 0 Å². The van der Waals surface area contributed by atoms with Crippen molar-refractivity contribution in [1.29, 1.82) is 0 Å². The Morgan fingerprint density at radius 2 is 0.857 bits per heavy atom. The molecule has 0 atom stereocenters. The molecule has 0 aliphatic heterocycles. The molecule has 0 saturated carbocycles. The predicted octanol–water partition coefficient (Wildman–Crippen LogP) is 16.0. The van der Waals surface area contributed by atoms with Gasteiger partial charge in [0.2, 0.25) is 0 Å². The summed E-state index contributed by atoms with van der Waals surface area (Å²) in [7, 11) is 0. The molecule has 0 spiro atoms. The minimum atomic E-state index is 0.650. The van der Waals surface area contributed by atoms with Crippen molar-refractivity contribution < 1.29 is 0 Å². The second-order valence-corrected chi connectivity index (χ2v) is 18.1. The molecule has 63 heavy (non-hydrogen) atoms. The Balaban J connectivity index is 1.01. The molecule has 0 aliphatic carbocycles. The molecule has 0 fully saturated rings. The van der Waals surface area contributed by atoms with E-state index in [1.54, 1.807) is 11.3 Å². The van der Waals surface area contributed by atoms with Crippen molar-refractivity contribution in [3.05, 3.63) is 206 Å². The van der Waals surface area contributed by atoms with Crippen LogP contribution in [0.5, 0.6) is 0 Å². The molecule has 4 aromatic heterocycles. The van der Waals surface area contributed by atoms with Crippen molar-refractivity contribution in [1.82, 2.24) is 19.5 Å². The summed E-state index contributed by atoms with van der Waals surface area (Å²) in [5, 5.41) is 7.61. The molecule has 4 nitrogen and oxygen atoms in total. The van der Waals surface area contributed by atoms with Gasteiger partial charge in [-0.3, -0.25) is 0 Å². The molecule has 13 rings (SSSR count). The molecule has 294 valence electrons. The van der Waals surface area contributed by atoms with Crippen LogP contribution in [-0.4, -0.2) is 19.5 Å². The normalized spacial score (nSPS) is 11.8. The van der Waals surface area contributed by atoms with Crippen LogP contribution in [0.3, 0.4) is 0 Å². The highest BCUT2D eigenvalue weighted by Crippen LogP contribution is 2.46. The summed E-state index contributed by atoms with van der Waals surface area (Å²) in [6.07, 6.45) is 0. The Kier molecular flexibility index (Phi) is 8.22. The molecule has 0 unspecified atom stereocenters. The number of benzene rings is 9. The molecule has 0 radical (unpaired) electrons. The summed E-state index contributed by atoms with van der Waals surface area (Å²) in [6, 6.07) is 73.8. The van der Waals surface area contributed by atoms with Crippen LogP contribution in [0.4, 0.5) is 0 Å². The van der Waals surface area contributed by atoms with Crippen LogP contribution in [0.1, 0.15) is 0 Å². The van der Waals surface area contributed by atoms with E-state index in [4.69, 9.17) is 15.0 Å². The van der Waals surface area contributed by atoms with E-state index in [9.17, 15) is 0 Å². The predicted molar refractivity (Wildman–Crippen MR) is 267 cm³/mol. The molecule has 9 aromatic carbocycles. The highest BCUT2D eigenvalue weighted by molar-refractivity contribution is 7.27. The van der Waals surface area contributed by atoms with Gasteiger partial charge >= 0.3 is 0 Å². The first-order valence-electron chi connectivity index (χ1n) is 21.1. The third kappa shape index (κ3) is 5.91. The van der Waals surface area contributed by atoms with Crippen LogP contribution in [0, 0.1) is 0 Å². The monoisotopic (exact) mass is 838 g/mol. The Morgan fingerprint density at radius 1 is 0.317 bits per heavy atom. The topological polar surface area (TPSA) is 43.6 Å². The maximum absolute atomic E-state index is 5.21. The zero-order chi connectivity index (χ0) is 41.4. The van der Waals surface area contributed by atoms with Gasteiger partial charge < -0.3 is 4.57 Å². The van der Waals surface area contributed by atoms with Crippen molar-refractivity contribution in [3.8, 4) is 62.1 Å². The zero-order valence-corrected chi connectivity index (χ0v) is 35.4. The number of fused-ring (bicyclic) bond motifs is 10. The van der Waals surface area contributed by atoms with E-state index < -0.39 is 0 Å². The van der Waals surface area contributed by atoms with Gasteiger partial charge in [0.1, 0.15) is 0 Å². The van der Waals surface area contributed by atoms with Crippen molar-refractivity contribution in [2.45, 2.75) is 0 Å². The fraction of sp³-hybridized carbons (Fsp3) is 0. The maximum Gasteiger partial charge on any atom is 0.165 e. The van der Waals surface area contributed by atoms with Crippen LogP contribution in [0.2, 0.25) is 0 Å². The standard InChI is InChI=1S/C57H34N4S2/c1-4-15-35(16-5-1)55-58-56(36-17-6-2-7-18-36)60-57(59-55)47-33-40(32-46-43-24-11-13-26-51(43)62-53(46)47)38-20-14-19-37(31-38)39-27-28-45-49(34-39)61(41-21-8-3-9-22-41)48-30-29-44-42-23-10-12-25-50(42)63-54(44)52(45)48/h1-34H. The highest BCUT2D eigenvalue weighted by atomic mass is 32.1. The van der Waals surface area contributed by atoms with Gasteiger partial charge in [-0.25, -0.2) is 15.0 Å². The summed E-state index contributed by atoms with van der Waals surface area (Å²) in [4.78, 5) is 15.4. The van der Waals surface area contributed by atoms with Crippen molar-refractivity contribution >= 4 is 84.8 Å². The average Bonchev–Trinajstić information content (AvgIpc) is 4.04. The number of para-hydroxylation sites is 1. The van der Waals surface area contributed by atoms with Crippen molar-refractivity contribution in [3.63, 3.8) is 0 Å². The Labute approximate surface area is 370 Å². The molecule has 6 heteroatoms. The van der Waals surface area contributed by atoms with Gasteiger partial charge in [-0.15, -0.1) is 22.7 Å². The Hall–Kier alpha value is -7.77. The maximum atomic E-state index is 5.21. The largest absolute Gasteiger partial charge is 0.309 e. The second-order valence-electron chi connectivity index (χ2n) is 16.0. The minimum Gasteiger partial charge on any atom is -0.309 e. The van der Waals surface area contributed by atoms with Crippen LogP contribution >= 0.6 is 22.7 Å². The molecule has 0 aliphatic rings. The Morgan fingerprint density at radius 3 is 1.56 bits per heavy atom. The van der Waals surface area contributed by atoms with Crippen LogP contribution in [0.25, 0.3) is 124 Å². The van der Waals surface area contributed by atoms with E-state index in [0.717, 1.165) is 49.3 Å². The SMILES string of the molecule is c1ccc(-c2nc(-c3ccccc3)nc(-c3cc(-c4cccc(-c5ccc6c7c8sc9ccccc9c8ccc7n(-c7ccccc7)c6c5)c4)cc4c3sc3ccccc34)n2)cc1. The first-order chi connectivity index (χ1) is 31.2. The summed E-state index contributed by atoms with van der Waals surface area (Å²) < 4.78 is 7.48. The van der Waals surface area contributed by atoms with E-state index in [0.29, 0.717) is 17.5 Å². The lowest BCUT2D eigenvalue weighted by atomic mass is 9.95. The summed E-state index contributed by atoms with van der Waals surface area (Å²) >= 11 is 3.68. The fourth-order valence-electron chi connectivity index (χ4n) is 9.28. The lowest BCUT2D eigenvalue weighted by molar-refractivity contribution is 1.08. The van der Waals surface area contributed by atoms with Crippen molar-refractivity contribution in [2.24, 2.45) is 0 Å². The van der Waals surface area contributed by atoms with E-state index in [1.165, 1.54) is 57.5 Å². The van der Waals surface area contributed by atoms with Gasteiger partial charge in [-0.05, 0) is 76.9 Å². The van der Waals surface area contributed by atoms with Gasteiger partial charge in [-0.1, -0.05) is 152 Å². The molecule has 0 saturated heterocycles. The van der Waals surface area contributed by atoms with E-state index in [2.05, 4.69) is 174 Å². The molecule has 13 aromatic rings. The average molecular weight is 839 g/mol. The third-order valence-electron chi connectivity index (χ3n) is 12.2. The van der Waals surface area contributed by atoms with E-state index >= 15 is 0 Å². The third-order valence-corrected chi connectivity index (χ3v) is 14.7. The molecule has 0 bridgehead atoms. The van der Waals surface area contributed by atoms with Gasteiger partial charge in [0, 0.05) is 73.5 Å². The fourth-order valence-corrected chi connectivity index (χ4v) is 11.7. The number of hydrogen-bond acceptors (Lipinski definition) is 5. The number of nitrogens with zero attached hydrogens (tertiary/aromatic N) is 4. The summed E-state index contributed by atoms with van der Waals surface area (Å²) in [5.41, 5.74) is 11.0. The first kappa shape index (κ1) is 35.9. The zero-order valence-electron chi connectivity index (χ0n) is 33.7. The first-order valence-corrected chi connectivity index (χ1v) is 22.7. The number of hydrogen-bond donors (Lipinski definition) is 0. The van der Waals surface area contributed by atoms with E-state index in [1.807, 2.05) is 47.7 Å². The summed E-state index contributed by atoms with van der Waals surface area (Å²) in [6.45, 7) is 0. The molecule has 0 N–H and O–H groups in total. The quantitative estimate of drug-likeness (QED) is 0.168. The minimum absolute atomic E-state index is 0.650. The molecule has 4 heterocycles. The Bertz CT molecular complexity index is 3850. The van der Waals surface area contributed by atoms with Crippen LogP contribution < -0.4 is 0 Å². The van der Waals surface area contributed by atoms with Gasteiger partial charge in [0.25, 0.3) is 0 Å². The summed E-state index contributed by atoms with van der Waals surface area (Å²) in [5.74, 6) is 1.96. The number of aromatic nitrogens is 4. The molecular formula is C57H34N4S2. The lowest BCUT2D eigenvalue weighted by Crippen LogP contribution is -2.00. The smallest absolute Gasteiger partial charge is 0.165 e. The van der Waals surface area contributed by atoms with Gasteiger partial charge in [-0.2, -0.15) is 0 Å². The van der Waals surface area contributed by atoms with Crippen LogP contribution in [0.15, 0.2) is 206 Å².